The van der Waals surface area contributed by atoms with Crippen LogP contribution < -0.4 is 4.90 Å². The fourth-order valence-corrected chi connectivity index (χ4v) is 7.90. The van der Waals surface area contributed by atoms with Gasteiger partial charge in [-0.25, -0.2) is 4.39 Å². The number of piperazine rings is 1. The van der Waals surface area contributed by atoms with E-state index >= 15 is 0 Å². The third-order valence-electron chi connectivity index (χ3n) is 9.57. The number of hydrogen-bond donors (Lipinski definition) is 0. The van der Waals surface area contributed by atoms with Crippen LogP contribution in [-0.2, 0) is 0 Å². The number of nitrogens with zero attached hydrogens (tertiary/aromatic N) is 3. The summed E-state index contributed by atoms with van der Waals surface area (Å²) in [5.74, 6) is 0.967. The minimum absolute atomic E-state index is 0.157. The molecule has 2 saturated heterocycles. The third-order valence-corrected chi connectivity index (χ3v) is 9.57. The quantitative estimate of drug-likeness (QED) is 0.462. The van der Waals surface area contributed by atoms with E-state index in [2.05, 4.69) is 63.2 Å². The lowest BCUT2D eigenvalue weighted by Crippen LogP contribution is -2.47. The zero-order chi connectivity index (χ0) is 24.1. The molecule has 2 heterocycles. The second-order valence-electron chi connectivity index (χ2n) is 11.5. The number of rotatable bonds is 5. The number of halogens is 1. The Labute approximate surface area is 214 Å². The third kappa shape index (κ3) is 3.77. The molecule has 0 saturated carbocycles. The maximum absolute atomic E-state index is 13.2. The van der Waals surface area contributed by atoms with Gasteiger partial charge in [-0.1, -0.05) is 48.5 Å². The second-order valence-corrected chi connectivity index (χ2v) is 11.5. The van der Waals surface area contributed by atoms with Gasteiger partial charge in [0.2, 0.25) is 0 Å². The molecule has 8 rings (SSSR count). The summed E-state index contributed by atoms with van der Waals surface area (Å²) in [4.78, 5) is 7.76. The van der Waals surface area contributed by atoms with Crippen LogP contribution in [0.15, 0.2) is 72.8 Å². The smallest absolute Gasteiger partial charge is 0.123 e. The SMILES string of the molecule is Fc1ccc(N2CCN(CCCN3CCC4(CC5c6ccccc6C4c4ccccc45)C3)CC2)cc1. The Balaban J connectivity index is 0.969. The van der Waals surface area contributed by atoms with Crippen molar-refractivity contribution in [3.63, 3.8) is 0 Å². The Hall–Kier alpha value is -2.69. The summed E-state index contributed by atoms with van der Waals surface area (Å²) in [5.41, 5.74) is 7.92. The molecular weight excluding hydrogens is 445 g/mol. The zero-order valence-corrected chi connectivity index (χ0v) is 21.1. The summed E-state index contributed by atoms with van der Waals surface area (Å²) >= 11 is 0. The number of anilines is 1. The number of likely N-dealkylation sites (tertiary alicyclic amines) is 1. The molecule has 0 aromatic heterocycles. The first-order valence-corrected chi connectivity index (χ1v) is 13.8. The first kappa shape index (κ1) is 22.5. The van der Waals surface area contributed by atoms with E-state index in [-0.39, 0.29) is 5.82 Å². The van der Waals surface area contributed by atoms with Crippen molar-refractivity contribution >= 4 is 5.69 Å². The number of benzene rings is 3. The summed E-state index contributed by atoms with van der Waals surface area (Å²) in [6.07, 6.45) is 3.88. The van der Waals surface area contributed by atoms with E-state index in [1.807, 2.05) is 12.1 Å². The normalized spacial score (nSPS) is 27.4. The molecule has 0 amide bonds. The molecule has 1 spiro atoms. The van der Waals surface area contributed by atoms with E-state index in [1.165, 1.54) is 45.4 Å². The van der Waals surface area contributed by atoms with Gasteiger partial charge in [0.1, 0.15) is 5.82 Å². The van der Waals surface area contributed by atoms with Crippen LogP contribution in [0.25, 0.3) is 0 Å². The molecule has 4 heteroatoms. The van der Waals surface area contributed by atoms with Gasteiger partial charge in [-0.3, -0.25) is 4.90 Å². The molecule has 3 aliphatic carbocycles. The molecule has 186 valence electrons. The summed E-state index contributed by atoms with van der Waals surface area (Å²) < 4.78 is 13.2. The first-order valence-electron chi connectivity index (χ1n) is 13.8. The molecule has 3 aromatic carbocycles. The van der Waals surface area contributed by atoms with Crippen LogP contribution in [0.5, 0.6) is 0 Å². The molecule has 2 bridgehead atoms. The molecule has 36 heavy (non-hydrogen) atoms. The van der Waals surface area contributed by atoms with E-state index in [9.17, 15) is 4.39 Å². The molecule has 3 nitrogen and oxygen atoms in total. The predicted molar refractivity (Wildman–Crippen MR) is 144 cm³/mol. The Kier molecular flexibility index (Phi) is 5.63. The van der Waals surface area contributed by atoms with Crippen molar-refractivity contribution < 1.29 is 4.39 Å². The van der Waals surface area contributed by atoms with Crippen LogP contribution in [0.1, 0.15) is 53.4 Å². The van der Waals surface area contributed by atoms with Crippen molar-refractivity contribution in [2.45, 2.75) is 31.1 Å². The van der Waals surface area contributed by atoms with E-state index < -0.39 is 0 Å². The topological polar surface area (TPSA) is 9.72 Å². The van der Waals surface area contributed by atoms with Crippen LogP contribution in [0, 0.1) is 11.2 Å². The molecule has 5 aliphatic rings. The Bertz CT molecular complexity index is 1180. The van der Waals surface area contributed by atoms with Gasteiger partial charge in [0.05, 0.1) is 0 Å². The minimum atomic E-state index is -0.157. The van der Waals surface area contributed by atoms with Crippen molar-refractivity contribution in [2.75, 3.05) is 57.3 Å². The van der Waals surface area contributed by atoms with Crippen LogP contribution >= 0.6 is 0 Å². The summed E-state index contributed by atoms with van der Waals surface area (Å²) in [5, 5.41) is 0. The van der Waals surface area contributed by atoms with Crippen LogP contribution in [0.4, 0.5) is 10.1 Å². The molecule has 0 radical (unpaired) electrons. The summed E-state index contributed by atoms with van der Waals surface area (Å²) in [6, 6.07) is 25.5. The van der Waals surface area contributed by atoms with Crippen LogP contribution in [-0.4, -0.2) is 62.2 Å². The van der Waals surface area contributed by atoms with E-state index in [1.54, 1.807) is 34.4 Å². The highest BCUT2D eigenvalue weighted by atomic mass is 19.1. The molecule has 2 fully saturated rings. The van der Waals surface area contributed by atoms with Gasteiger partial charge >= 0.3 is 0 Å². The fraction of sp³-hybridized carbons (Fsp3) is 0.438. The largest absolute Gasteiger partial charge is 0.369 e. The Morgan fingerprint density at radius 2 is 1.31 bits per heavy atom. The fourth-order valence-electron chi connectivity index (χ4n) is 7.90. The van der Waals surface area contributed by atoms with Gasteiger partial charge in [0.25, 0.3) is 0 Å². The van der Waals surface area contributed by atoms with Crippen molar-refractivity contribution in [1.29, 1.82) is 0 Å². The monoisotopic (exact) mass is 481 g/mol. The Morgan fingerprint density at radius 3 is 1.97 bits per heavy atom. The van der Waals surface area contributed by atoms with E-state index in [4.69, 9.17) is 0 Å². The first-order chi connectivity index (χ1) is 17.7. The molecule has 3 aromatic rings. The average molecular weight is 482 g/mol. The van der Waals surface area contributed by atoms with Gasteiger partial charge in [0, 0.05) is 50.2 Å². The van der Waals surface area contributed by atoms with Crippen LogP contribution in [0.2, 0.25) is 0 Å². The molecule has 0 N–H and O–H groups in total. The van der Waals surface area contributed by atoms with E-state index in [0.717, 1.165) is 31.9 Å². The summed E-state index contributed by atoms with van der Waals surface area (Å²) in [6.45, 7) is 9.12. The highest BCUT2D eigenvalue weighted by Gasteiger charge is 2.54. The zero-order valence-electron chi connectivity index (χ0n) is 21.1. The van der Waals surface area contributed by atoms with Gasteiger partial charge in [-0.15, -0.1) is 0 Å². The molecular formula is C32H36FN3. The van der Waals surface area contributed by atoms with Crippen molar-refractivity contribution in [2.24, 2.45) is 5.41 Å². The standard InChI is InChI=1S/C32H36FN3/c33-24-10-12-25(13-11-24)36-20-18-34(19-21-36)15-5-16-35-17-14-32(23-35)22-30-26-6-1-3-8-28(26)31(32)29-9-4-2-7-27(29)30/h1-4,6-13,30-31H,5,14-23H2. The maximum Gasteiger partial charge on any atom is 0.123 e. The van der Waals surface area contributed by atoms with E-state index in [0.29, 0.717) is 17.3 Å². The average Bonchev–Trinajstić information content (AvgIpc) is 3.32. The van der Waals surface area contributed by atoms with Crippen molar-refractivity contribution in [3.8, 4) is 0 Å². The Morgan fingerprint density at radius 1 is 0.694 bits per heavy atom. The molecule has 1 atom stereocenters. The second kappa shape index (κ2) is 9.00. The highest BCUT2D eigenvalue weighted by Crippen LogP contribution is 2.63. The number of hydrogen-bond acceptors (Lipinski definition) is 3. The van der Waals surface area contributed by atoms with Crippen LogP contribution in [0.3, 0.4) is 0 Å². The minimum Gasteiger partial charge on any atom is -0.369 e. The van der Waals surface area contributed by atoms with Gasteiger partial charge in [-0.05, 0) is 90.8 Å². The van der Waals surface area contributed by atoms with Gasteiger partial charge < -0.3 is 9.80 Å². The highest BCUT2D eigenvalue weighted by molar-refractivity contribution is 5.57. The summed E-state index contributed by atoms with van der Waals surface area (Å²) in [7, 11) is 0. The van der Waals surface area contributed by atoms with Gasteiger partial charge in [0.15, 0.2) is 0 Å². The van der Waals surface area contributed by atoms with Crippen molar-refractivity contribution in [3.05, 3.63) is 101 Å². The van der Waals surface area contributed by atoms with Crippen molar-refractivity contribution in [1.82, 2.24) is 9.80 Å². The lowest BCUT2D eigenvalue weighted by atomic mass is 9.52. The molecule has 2 aliphatic heterocycles. The lowest BCUT2D eigenvalue weighted by molar-refractivity contribution is 0.173. The predicted octanol–water partition coefficient (Wildman–Crippen LogP) is 5.71. The maximum atomic E-state index is 13.2. The molecule has 1 unspecified atom stereocenters. The van der Waals surface area contributed by atoms with Gasteiger partial charge in [-0.2, -0.15) is 0 Å². The lowest BCUT2D eigenvalue weighted by Gasteiger charge is -2.52.